The number of piperidine rings is 1. The fraction of sp³-hybridized carbons (Fsp3) is 0.611. The van der Waals surface area contributed by atoms with Gasteiger partial charge in [0.25, 0.3) is 0 Å². The first kappa shape index (κ1) is 17.5. The number of nitrogens with one attached hydrogen (secondary N) is 2. The number of likely N-dealkylation sites (tertiary alicyclic amines) is 1. The predicted octanol–water partition coefficient (Wildman–Crippen LogP) is 2.63. The molecule has 0 aliphatic carbocycles. The van der Waals surface area contributed by atoms with Crippen molar-refractivity contribution in [2.45, 2.75) is 58.5 Å². The molecule has 1 saturated heterocycles. The number of rotatable bonds is 4. The van der Waals surface area contributed by atoms with Crippen molar-refractivity contribution in [1.29, 1.82) is 0 Å². The molecule has 2 atom stereocenters. The Kier molecular flexibility index (Phi) is 5.11. The monoisotopic (exact) mass is 344 g/mol. The van der Waals surface area contributed by atoms with E-state index in [1.54, 1.807) is 6.20 Å². The van der Waals surface area contributed by atoms with Gasteiger partial charge in [-0.1, -0.05) is 0 Å². The highest BCUT2D eigenvalue weighted by atomic mass is 16.2. The number of hydrogen-bond acceptors (Lipinski definition) is 3. The molecule has 1 aliphatic heterocycles. The zero-order valence-corrected chi connectivity index (χ0v) is 15.5. The normalized spacial score (nSPS) is 19.0. The molecule has 2 N–H and O–H groups in total. The van der Waals surface area contributed by atoms with Gasteiger partial charge < -0.3 is 15.2 Å². The van der Waals surface area contributed by atoms with Crippen LogP contribution in [0.2, 0.25) is 0 Å². The number of hydrogen-bond donors (Lipinski definition) is 2. The van der Waals surface area contributed by atoms with Crippen LogP contribution in [0.15, 0.2) is 12.4 Å². The van der Waals surface area contributed by atoms with E-state index in [0.29, 0.717) is 0 Å². The number of urea groups is 1. The van der Waals surface area contributed by atoms with Gasteiger partial charge in [-0.2, -0.15) is 5.10 Å². The van der Waals surface area contributed by atoms with E-state index in [9.17, 15) is 4.79 Å². The van der Waals surface area contributed by atoms with E-state index in [4.69, 9.17) is 0 Å². The number of carbonyl (C=O) groups excluding carboxylic acids is 1. The Morgan fingerprint density at radius 2 is 2.24 bits per heavy atom. The van der Waals surface area contributed by atoms with E-state index in [1.807, 2.05) is 29.7 Å². The van der Waals surface area contributed by atoms with Gasteiger partial charge in [-0.05, 0) is 52.0 Å². The Morgan fingerprint density at radius 3 is 2.88 bits per heavy atom. The first-order valence-electron chi connectivity index (χ1n) is 9.03. The van der Waals surface area contributed by atoms with Gasteiger partial charge in [-0.15, -0.1) is 0 Å². The highest BCUT2D eigenvalue weighted by Gasteiger charge is 2.30. The van der Waals surface area contributed by atoms with Crippen LogP contribution in [0.5, 0.6) is 0 Å². The number of aryl methyl sites for hydroxylation is 2. The van der Waals surface area contributed by atoms with E-state index in [1.165, 1.54) is 5.56 Å². The smallest absolute Gasteiger partial charge is 0.318 e. The lowest BCUT2D eigenvalue weighted by Gasteiger charge is -2.35. The number of carbonyl (C=O) groups is 1. The SMILES string of the molecule is Cc1nn(C)c(C)c1C[C@@H](C)NC(=O)N1CCCC[C@@H]1c1ncc[nH]1. The van der Waals surface area contributed by atoms with Crippen LogP contribution in [0, 0.1) is 13.8 Å². The van der Waals surface area contributed by atoms with Crippen molar-refractivity contribution in [3.8, 4) is 0 Å². The van der Waals surface area contributed by atoms with Gasteiger partial charge in [-0.3, -0.25) is 4.68 Å². The van der Waals surface area contributed by atoms with Crippen LogP contribution in [0.3, 0.4) is 0 Å². The zero-order chi connectivity index (χ0) is 18.0. The lowest BCUT2D eigenvalue weighted by atomic mass is 10.0. The third-order valence-corrected chi connectivity index (χ3v) is 5.14. The summed E-state index contributed by atoms with van der Waals surface area (Å²) in [5.74, 6) is 0.876. The molecule has 0 bridgehead atoms. The molecule has 3 rings (SSSR count). The van der Waals surface area contributed by atoms with Crippen LogP contribution in [0.25, 0.3) is 0 Å². The van der Waals surface area contributed by atoms with Crippen LogP contribution < -0.4 is 5.32 Å². The Bertz CT molecular complexity index is 720. The summed E-state index contributed by atoms with van der Waals surface area (Å²) in [6.07, 6.45) is 7.47. The molecule has 7 nitrogen and oxygen atoms in total. The molecule has 25 heavy (non-hydrogen) atoms. The van der Waals surface area contributed by atoms with Crippen LogP contribution in [-0.2, 0) is 13.5 Å². The molecule has 0 aromatic carbocycles. The maximum Gasteiger partial charge on any atom is 0.318 e. The summed E-state index contributed by atoms with van der Waals surface area (Å²) in [6, 6.07) is 0.0823. The third-order valence-electron chi connectivity index (χ3n) is 5.14. The van der Waals surface area contributed by atoms with Gasteiger partial charge in [-0.25, -0.2) is 9.78 Å². The number of aromatic nitrogens is 4. The van der Waals surface area contributed by atoms with Crippen molar-refractivity contribution < 1.29 is 4.79 Å². The first-order valence-corrected chi connectivity index (χ1v) is 9.03. The largest absolute Gasteiger partial charge is 0.347 e. The quantitative estimate of drug-likeness (QED) is 0.895. The molecule has 2 aromatic heterocycles. The average molecular weight is 344 g/mol. The highest BCUT2D eigenvalue weighted by molar-refractivity contribution is 5.75. The topological polar surface area (TPSA) is 78.8 Å². The number of H-pyrrole nitrogens is 1. The van der Waals surface area contributed by atoms with Gasteiger partial charge in [0, 0.05) is 37.7 Å². The summed E-state index contributed by atoms with van der Waals surface area (Å²) in [5, 5.41) is 7.62. The Labute approximate surface area is 148 Å². The molecule has 2 aromatic rings. The molecule has 0 unspecified atom stereocenters. The minimum atomic E-state index is -0.00667. The standard InChI is InChI=1S/C18H28N6O/c1-12(11-15-13(2)22-23(4)14(15)3)21-18(25)24-10-6-5-7-16(24)17-19-8-9-20-17/h8-9,12,16H,5-7,10-11H2,1-4H3,(H,19,20)(H,21,25)/t12-,16-/m1/s1. The molecule has 2 amide bonds. The lowest BCUT2D eigenvalue weighted by molar-refractivity contribution is 0.145. The van der Waals surface area contributed by atoms with Gasteiger partial charge >= 0.3 is 6.03 Å². The Hall–Kier alpha value is -2.31. The fourth-order valence-corrected chi connectivity index (χ4v) is 3.68. The zero-order valence-electron chi connectivity index (χ0n) is 15.5. The van der Waals surface area contributed by atoms with Gasteiger partial charge in [0.2, 0.25) is 0 Å². The van der Waals surface area contributed by atoms with Crippen LogP contribution in [-0.4, -0.2) is 43.3 Å². The maximum atomic E-state index is 12.8. The van der Waals surface area contributed by atoms with Crippen molar-refractivity contribution in [1.82, 2.24) is 30.0 Å². The van der Waals surface area contributed by atoms with E-state index in [2.05, 4.69) is 34.2 Å². The summed E-state index contributed by atoms with van der Waals surface area (Å²) >= 11 is 0. The first-order chi connectivity index (χ1) is 12.0. The Morgan fingerprint density at radius 1 is 1.44 bits per heavy atom. The molecule has 3 heterocycles. The average Bonchev–Trinajstić information content (AvgIpc) is 3.20. The fourth-order valence-electron chi connectivity index (χ4n) is 3.68. The molecular weight excluding hydrogens is 316 g/mol. The molecule has 0 saturated carbocycles. The second-order valence-electron chi connectivity index (χ2n) is 7.01. The van der Waals surface area contributed by atoms with E-state index in [-0.39, 0.29) is 18.1 Å². The van der Waals surface area contributed by atoms with Crippen molar-refractivity contribution in [3.05, 3.63) is 35.2 Å². The predicted molar refractivity (Wildman–Crippen MR) is 96.3 cm³/mol. The van der Waals surface area contributed by atoms with E-state index >= 15 is 0 Å². The molecule has 0 spiro atoms. The molecule has 1 aliphatic rings. The summed E-state index contributed by atoms with van der Waals surface area (Å²) in [7, 11) is 1.96. The van der Waals surface area contributed by atoms with Gasteiger partial charge in [0.05, 0.1) is 11.7 Å². The molecular formula is C18H28N6O. The lowest BCUT2D eigenvalue weighted by Crippen LogP contribution is -2.48. The van der Waals surface area contributed by atoms with Crippen molar-refractivity contribution >= 4 is 6.03 Å². The van der Waals surface area contributed by atoms with E-state index < -0.39 is 0 Å². The second-order valence-corrected chi connectivity index (χ2v) is 7.01. The summed E-state index contributed by atoms with van der Waals surface area (Å²) in [6.45, 7) is 6.92. The third kappa shape index (κ3) is 3.70. The van der Waals surface area contributed by atoms with Crippen LogP contribution >= 0.6 is 0 Å². The minimum Gasteiger partial charge on any atom is -0.347 e. The summed E-state index contributed by atoms with van der Waals surface area (Å²) in [4.78, 5) is 22.3. The number of aromatic amines is 1. The number of imidazole rings is 1. The van der Waals surface area contributed by atoms with Crippen molar-refractivity contribution in [3.63, 3.8) is 0 Å². The van der Waals surface area contributed by atoms with Gasteiger partial charge in [0.1, 0.15) is 5.82 Å². The highest BCUT2D eigenvalue weighted by Crippen LogP contribution is 2.28. The molecule has 1 fully saturated rings. The maximum absolute atomic E-state index is 12.8. The van der Waals surface area contributed by atoms with Crippen LogP contribution in [0.4, 0.5) is 4.79 Å². The number of nitrogens with zero attached hydrogens (tertiary/aromatic N) is 4. The Balaban J connectivity index is 1.66. The molecule has 136 valence electrons. The minimum absolute atomic E-state index is 0.00667. The molecule has 7 heteroatoms. The van der Waals surface area contributed by atoms with Crippen molar-refractivity contribution in [2.24, 2.45) is 7.05 Å². The number of amides is 2. The van der Waals surface area contributed by atoms with Crippen molar-refractivity contribution in [2.75, 3.05) is 6.54 Å². The van der Waals surface area contributed by atoms with Crippen LogP contribution in [0.1, 0.15) is 55.0 Å². The second kappa shape index (κ2) is 7.29. The van der Waals surface area contributed by atoms with Gasteiger partial charge in [0.15, 0.2) is 0 Å². The summed E-state index contributed by atoms with van der Waals surface area (Å²) < 4.78 is 1.90. The summed E-state index contributed by atoms with van der Waals surface area (Å²) in [5.41, 5.74) is 3.41. The molecule has 0 radical (unpaired) electrons. The van der Waals surface area contributed by atoms with E-state index in [0.717, 1.165) is 49.4 Å².